The van der Waals surface area contributed by atoms with Crippen molar-refractivity contribution in [1.82, 2.24) is 25.0 Å². The molecule has 5 rings (SSSR count). The van der Waals surface area contributed by atoms with Crippen molar-refractivity contribution in [3.8, 4) is 5.82 Å². The minimum Gasteiger partial charge on any atom is -0.329 e. The zero-order valence-corrected chi connectivity index (χ0v) is 15.8. The molecule has 0 unspecified atom stereocenters. The minimum absolute atomic E-state index is 0.860. The van der Waals surface area contributed by atoms with E-state index in [2.05, 4.69) is 24.2 Å². The number of aryl methyl sites for hydroxylation is 2. The van der Waals surface area contributed by atoms with E-state index in [1.807, 2.05) is 28.9 Å². The molecule has 1 N–H and O–H groups in total. The Morgan fingerprint density at radius 1 is 1.12 bits per heavy atom. The number of rotatable bonds is 3. The fourth-order valence-electron chi connectivity index (χ4n) is 3.80. The Balaban J connectivity index is 1.73. The third-order valence-electron chi connectivity index (χ3n) is 5.33. The van der Waals surface area contributed by atoms with Crippen molar-refractivity contribution in [2.24, 2.45) is 0 Å². The Morgan fingerprint density at radius 2 is 1.92 bits per heavy atom. The lowest BCUT2D eigenvalue weighted by Gasteiger charge is -2.12. The van der Waals surface area contributed by atoms with Crippen molar-refractivity contribution in [3.63, 3.8) is 0 Å². The second-order valence-corrected chi connectivity index (χ2v) is 8.25. The molecule has 4 aromatic rings. The highest BCUT2D eigenvalue weighted by molar-refractivity contribution is 7.18. The number of para-hydroxylation sites is 1. The van der Waals surface area contributed by atoms with Gasteiger partial charge >= 0.3 is 0 Å². The van der Waals surface area contributed by atoms with Gasteiger partial charge in [-0.15, -0.1) is 16.4 Å². The number of nitrogens with zero attached hydrogens (tertiary/aromatic N) is 5. The number of thiophene rings is 1. The van der Waals surface area contributed by atoms with Crippen molar-refractivity contribution in [2.45, 2.75) is 33.2 Å². The first-order valence-corrected chi connectivity index (χ1v) is 9.93. The number of nitrogens with one attached hydrogen (secondary N) is 1. The van der Waals surface area contributed by atoms with E-state index in [0.717, 1.165) is 39.4 Å². The molecular formula is C19H21N6S+. The van der Waals surface area contributed by atoms with E-state index in [4.69, 9.17) is 9.97 Å². The highest BCUT2D eigenvalue weighted by Crippen LogP contribution is 2.33. The Hall–Kier alpha value is -2.38. The molecule has 0 radical (unpaired) electrons. The first-order valence-electron chi connectivity index (χ1n) is 9.12. The lowest BCUT2D eigenvalue weighted by Crippen LogP contribution is -3.08. The first kappa shape index (κ1) is 15.8. The maximum Gasteiger partial charge on any atom is 0.187 e. The normalized spacial score (nSPS) is 15.5. The van der Waals surface area contributed by atoms with Gasteiger partial charge in [0.1, 0.15) is 16.9 Å². The van der Waals surface area contributed by atoms with Crippen LogP contribution in [0.4, 0.5) is 0 Å². The van der Waals surface area contributed by atoms with Crippen LogP contribution < -0.4 is 4.90 Å². The average molecular weight is 365 g/mol. The molecule has 0 amide bonds. The molecule has 0 aliphatic carbocycles. The van der Waals surface area contributed by atoms with Crippen LogP contribution in [0.5, 0.6) is 0 Å². The summed E-state index contributed by atoms with van der Waals surface area (Å²) in [4.78, 5) is 13.8. The molecule has 0 spiro atoms. The molecule has 1 aromatic carbocycles. The van der Waals surface area contributed by atoms with Gasteiger partial charge in [0.25, 0.3) is 0 Å². The molecule has 0 saturated carbocycles. The van der Waals surface area contributed by atoms with Crippen molar-refractivity contribution in [2.75, 3.05) is 13.1 Å². The van der Waals surface area contributed by atoms with Crippen molar-refractivity contribution in [1.29, 1.82) is 0 Å². The van der Waals surface area contributed by atoms with E-state index in [0.29, 0.717) is 0 Å². The summed E-state index contributed by atoms with van der Waals surface area (Å²) < 4.78 is 1.88. The smallest absolute Gasteiger partial charge is 0.187 e. The van der Waals surface area contributed by atoms with Crippen LogP contribution in [0.2, 0.25) is 0 Å². The van der Waals surface area contributed by atoms with Gasteiger partial charge in [0.2, 0.25) is 0 Å². The van der Waals surface area contributed by atoms with Gasteiger partial charge in [0, 0.05) is 17.7 Å². The summed E-state index contributed by atoms with van der Waals surface area (Å²) in [5.41, 5.74) is 3.10. The molecule has 7 heteroatoms. The van der Waals surface area contributed by atoms with Crippen LogP contribution in [0.15, 0.2) is 24.3 Å². The predicted molar refractivity (Wildman–Crippen MR) is 103 cm³/mol. The quantitative estimate of drug-likeness (QED) is 0.605. The number of benzene rings is 1. The number of quaternary nitrogens is 1. The van der Waals surface area contributed by atoms with Gasteiger partial charge in [-0.05, 0) is 31.5 Å². The van der Waals surface area contributed by atoms with Gasteiger partial charge in [-0.25, -0.2) is 9.97 Å². The molecule has 3 aromatic heterocycles. The average Bonchev–Trinajstić information content (AvgIpc) is 3.35. The summed E-state index contributed by atoms with van der Waals surface area (Å²) in [6, 6.07) is 8.03. The second-order valence-electron chi connectivity index (χ2n) is 7.05. The van der Waals surface area contributed by atoms with E-state index in [1.54, 1.807) is 16.2 Å². The van der Waals surface area contributed by atoms with Crippen molar-refractivity contribution >= 4 is 32.6 Å². The second kappa shape index (κ2) is 6.10. The van der Waals surface area contributed by atoms with E-state index in [-0.39, 0.29) is 0 Å². The molecule has 0 bridgehead atoms. The molecule has 1 aliphatic heterocycles. The SMILES string of the molecule is Cc1sc2nc(C[NH+]3CCCC3)nc(-n3nnc4ccccc43)c2c1C. The minimum atomic E-state index is 0.860. The molecule has 26 heavy (non-hydrogen) atoms. The van der Waals surface area contributed by atoms with E-state index >= 15 is 0 Å². The topological polar surface area (TPSA) is 60.9 Å². The molecule has 1 fully saturated rings. The molecule has 1 aliphatic rings. The number of fused-ring (bicyclic) bond motifs is 2. The summed E-state index contributed by atoms with van der Waals surface area (Å²) in [7, 11) is 0. The fraction of sp³-hybridized carbons (Fsp3) is 0.368. The van der Waals surface area contributed by atoms with Gasteiger partial charge in [0.05, 0.1) is 24.0 Å². The number of aromatic nitrogens is 5. The Bertz CT molecular complexity index is 1110. The Kier molecular flexibility index (Phi) is 3.72. The predicted octanol–water partition coefficient (Wildman–Crippen LogP) is 2.22. The molecule has 0 atom stereocenters. The zero-order valence-electron chi connectivity index (χ0n) is 15.0. The van der Waals surface area contributed by atoms with Crippen LogP contribution in [0.3, 0.4) is 0 Å². The van der Waals surface area contributed by atoms with Gasteiger partial charge in [0.15, 0.2) is 11.6 Å². The summed E-state index contributed by atoms with van der Waals surface area (Å²) in [5, 5.41) is 9.84. The van der Waals surface area contributed by atoms with E-state index in [1.165, 1.54) is 36.4 Å². The largest absolute Gasteiger partial charge is 0.329 e. The molecule has 1 saturated heterocycles. The monoisotopic (exact) mass is 365 g/mol. The first-order chi connectivity index (χ1) is 12.7. The number of hydrogen-bond donors (Lipinski definition) is 1. The van der Waals surface area contributed by atoms with Crippen molar-refractivity contribution in [3.05, 3.63) is 40.5 Å². The Morgan fingerprint density at radius 3 is 2.77 bits per heavy atom. The van der Waals surface area contributed by atoms with Crippen LogP contribution in [0.25, 0.3) is 27.1 Å². The van der Waals surface area contributed by atoms with Gasteiger partial charge in [-0.1, -0.05) is 17.3 Å². The summed E-state index contributed by atoms with van der Waals surface area (Å²) in [6.07, 6.45) is 2.60. The van der Waals surface area contributed by atoms with Gasteiger partial charge in [-0.2, -0.15) is 4.68 Å². The molecular weight excluding hydrogens is 344 g/mol. The maximum absolute atomic E-state index is 4.97. The molecule has 6 nitrogen and oxygen atoms in total. The van der Waals surface area contributed by atoms with Crippen molar-refractivity contribution < 1.29 is 4.90 Å². The number of likely N-dealkylation sites (tertiary alicyclic amines) is 1. The fourth-order valence-corrected chi connectivity index (χ4v) is 4.85. The van der Waals surface area contributed by atoms with Crippen LogP contribution in [0, 0.1) is 13.8 Å². The van der Waals surface area contributed by atoms with Crippen LogP contribution >= 0.6 is 11.3 Å². The van der Waals surface area contributed by atoms with Crippen LogP contribution in [-0.2, 0) is 6.54 Å². The van der Waals surface area contributed by atoms with Crippen LogP contribution in [-0.4, -0.2) is 38.1 Å². The third-order valence-corrected chi connectivity index (χ3v) is 6.43. The summed E-state index contributed by atoms with van der Waals surface area (Å²) >= 11 is 1.75. The molecule has 4 heterocycles. The standard InChI is InChI=1S/C19H20N6S/c1-12-13(2)26-19-17(12)18(20-16(21-19)11-24-9-5-6-10-24)25-15-8-4-3-7-14(15)22-23-25/h3-4,7-8H,5-6,9-11H2,1-2H3/p+1. The highest BCUT2D eigenvalue weighted by atomic mass is 32.1. The van der Waals surface area contributed by atoms with E-state index in [9.17, 15) is 0 Å². The zero-order chi connectivity index (χ0) is 17.7. The summed E-state index contributed by atoms with van der Waals surface area (Å²) in [6.45, 7) is 7.60. The lowest BCUT2D eigenvalue weighted by atomic mass is 10.2. The number of hydrogen-bond acceptors (Lipinski definition) is 5. The summed E-state index contributed by atoms with van der Waals surface area (Å²) in [5.74, 6) is 1.77. The highest BCUT2D eigenvalue weighted by Gasteiger charge is 2.22. The van der Waals surface area contributed by atoms with E-state index < -0.39 is 0 Å². The maximum atomic E-state index is 4.97. The van der Waals surface area contributed by atoms with Gasteiger partial charge in [-0.3, -0.25) is 0 Å². The third kappa shape index (κ3) is 2.50. The molecule has 132 valence electrons. The Labute approximate surface area is 155 Å². The van der Waals surface area contributed by atoms with Gasteiger partial charge < -0.3 is 4.90 Å². The lowest BCUT2D eigenvalue weighted by molar-refractivity contribution is -0.902. The van der Waals surface area contributed by atoms with Crippen LogP contribution in [0.1, 0.15) is 29.1 Å².